The number of nitrogens with zero attached hydrogens (tertiary/aromatic N) is 3. The summed E-state index contributed by atoms with van der Waals surface area (Å²) in [4.78, 5) is 14.5. The van der Waals surface area contributed by atoms with Crippen molar-refractivity contribution in [2.24, 2.45) is 0 Å². The van der Waals surface area contributed by atoms with Crippen molar-refractivity contribution in [2.45, 2.75) is 27.2 Å². The highest BCUT2D eigenvalue weighted by molar-refractivity contribution is 6.32. The van der Waals surface area contributed by atoms with Gasteiger partial charge in [0.15, 0.2) is 5.69 Å². The molecule has 7 heteroatoms. The topological polar surface area (TPSA) is 70.4 Å². The molecule has 6 nitrogen and oxygen atoms in total. The summed E-state index contributed by atoms with van der Waals surface area (Å²) in [7, 11) is 0. The lowest BCUT2D eigenvalue weighted by molar-refractivity contribution is 0.0946. The average molecular weight is 365 g/mol. The van der Waals surface area contributed by atoms with Gasteiger partial charge in [0.2, 0.25) is 5.88 Å². The van der Waals surface area contributed by atoms with Crippen molar-refractivity contribution >= 4 is 17.5 Å². The predicted octanol–water partition coefficient (Wildman–Crippen LogP) is 3.00. The molecule has 0 radical (unpaired) electrons. The third kappa shape index (κ3) is 4.74. The van der Waals surface area contributed by atoms with E-state index in [4.69, 9.17) is 11.6 Å². The molecule has 0 unspecified atom stereocenters. The van der Waals surface area contributed by atoms with Gasteiger partial charge in [-0.05, 0) is 44.6 Å². The summed E-state index contributed by atoms with van der Waals surface area (Å²) in [6.45, 7) is 9.61. The minimum Gasteiger partial charge on any atom is -0.493 e. The van der Waals surface area contributed by atoms with Gasteiger partial charge in [0, 0.05) is 12.6 Å². The highest BCUT2D eigenvalue weighted by atomic mass is 35.5. The van der Waals surface area contributed by atoms with Gasteiger partial charge >= 0.3 is 0 Å². The lowest BCUT2D eigenvalue weighted by Crippen LogP contribution is -2.30. The van der Waals surface area contributed by atoms with Crippen LogP contribution in [0.4, 0.5) is 0 Å². The van der Waals surface area contributed by atoms with Crippen LogP contribution < -0.4 is 5.32 Å². The maximum absolute atomic E-state index is 12.3. The monoisotopic (exact) mass is 364 g/mol. The standard InChI is InChI=1S/C18H25ClN4O2/c1-4-22(5-2)11-7-10-20-18(25)15-12-16(24)23(21-15)17-13(3)8-6-9-14(17)19/h6,8-9,12,24H,4-5,7,10-11H2,1-3H3,(H,20,25). The Kier molecular flexibility index (Phi) is 6.84. The molecular formula is C18H25ClN4O2. The average Bonchev–Trinajstić information content (AvgIpc) is 2.96. The first-order valence-electron chi connectivity index (χ1n) is 8.53. The third-order valence-electron chi connectivity index (χ3n) is 4.15. The van der Waals surface area contributed by atoms with Crippen LogP contribution in [0.25, 0.3) is 5.69 Å². The molecule has 2 rings (SSSR count). The van der Waals surface area contributed by atoms with E-state index in [1.165, 1.54) is 10.7 Å². The number of rotatable bonds is 8. The summed E-state index contributed by atoms with van der Waals surface area (Å²) in [5.74, 6) is -0.428. The molecule has 1 aromatic heterocycles. The number of hydrogen-bond acceptors (Lipinski definition) is 4. The van der Waals surface area contributed by atoms with Crippen LogP contribution in [-0.2, 0) is 0 Å². The third-order valence-corrected chi connectivity index (χ3v) is 4.46. The maximum atomic E-state index is 12.3. The summed E-state index contributed by atoms with van der Waals surface area (Å²) >= 11 is 6.21. The van der Waals surface area contributed by atoms with E-state index in [1.54, 1.807) is 6.07 Å². The van der Waals surface area contributed by atoms with Crippen molar-refractivity contribution in [3.8, 4) is 11.6 Å². The van der Waals surface area contributed by atoms with E-state index < -0.39 is 0 Å². The van der Waals surface area contributed by atoms with Gasteiger partial charge < -0.3 is 15.3 Å². The van der Waals surface area contributed by atoms with Gasteiger partial charge in [-0.1, -0.05) is 37.6 Å². The summed E-state index contributed by atoms with van der Waals surface area (Å²) in [5.41, 5.74) is 1.60. The van der Waals surface area contributed by atoms with Gasteiger partial charge in [-0.25, -0.2) is 0 Å². The van der Waals surface area contributed by atoms with E-state index in [-0.39, 0.29) is 17.5 Å². The Morgan fingerprint density at radius 1 is 1.36 bits per heavy atom. The smallest absolute Gasteiger partial charge is 0.271 e. The number of halogens is 1. The van der Waals surface area contributed by atoms with Crippen LogP contribution in [0.1, 0.15) is 36.3 Å². The van der Waals surface area contributed by atoms with Crippen LogP contribution in [0.15, 0.2) is 24.3 Å². The van der Waals surface area contributed by atoms with E-state index in [9.17, 15) is 9.90 Å². The van der Waals surface area contributed by atoms with E-state index in [1.807, 2.05) is 19.1 Å². The number of carbonyl (C=O) groups excluding carboxylic acids is 1. The van der Waals surface area contributed by atoms with Crippen molar-refractivity contribution in [3.05, 3.63) is 40.5 Å². The zero-order chi connectivity index (χ0) is 18.4. The molecule has 1 aromatic carbocycles. The highest BCUT2D eigenvalue weighted by Gasteiger charge is 2.17. The number of para-hydroxylation sites is 1. The van der Waals surface area contributed by atoms with Gasteiger partial charge in [0.05, 0.1) is 10.7 Å². The molecule has 0 spiro atoms. The Morgan fingerprint density at radius 2 is 2.08 bits per heavy atom. The van der Waals surface area contributed by atoms with Gasteiger partial charge in [0.25, 0.3) is 5.91 Å². The summed E-state index contributed by atoms with van der Waals surface area (Å²) < 4.78 is 1.29. The normalized spacial score (nSPS) is 11.1. The summed E-state index contributed by atoms with van der Waals surface area (Å²) in [6.07, 6.45) is 0.865. The zero-order valence-corrected chi connectivity index (χ0v) is 15.7. The van der Waals surface area contributed by atoms with Crippen molar-refractivity contribution in [1.29, 1.82) is 0 Å². The summed E-state index contributed by atoms with van der Waals surface area (Å²) in [6, 6.07) is 6.76. The van der Waals surface area contributed by atoms with Crippen molar-refractivity contribution in [1.82, 2.24) is 20.0 Å². The SMILES string of the molecule is CCN(CC)CCCNC(=O)c1cc(O)n(-c2c(C)cccc2Cl)n1. The van der Waals surface area contributed by atoms with Crippen LogP contribution in [-0.4, -0.2) is 51.9 Å². The molecule has 0 saturated heterocycles. The second-order valence-electron chi connectivity index (χ2n) is 5.84. The number of aromatic nitrogens is 2. The maximum Gasteiger partial charge on any atom is 0.271 e. The first-order chi connectivity index (χ1) is 12.0. The highest BCUT2D eigenvalue weighted by Crippen LogP contribution is 2.27. The second kappa shape index (κ2) is 8.87. The van der Waals surface area contributed by atoms with Crippen molar-refractivity contribution in [3.63, 3.8) is 0 Å². The molecule has 25 heavy (non-hydrogen) atoms. The quantitative estimate of drug-likeness (QED) is 0.706. The molecule has 0 fully saturated rings. The van der Waals surface area contributed by atoms with Crippen LogP contribution in [0.5, 0.6) is 5.88 Å². The number of benzene rings is 1. The minimum atomic E-state index is -0.307. The van der Waals surface area contributed by atoms with E-state index in [0.717, 1.165) is 31.6 Å². The first-order valence-corrected chi connectivity index (χ1v) is 8.90. The molecule has 136 valence electrons. The van der Waals surface area contributed by atoms with Gasteiger partial charge in [-0.2, -0.15) is 9.78 Å². The van der Waals surface area contributed by atoms with Gasteiger partial charge in [0.1, 0.15) is 0 Å². The zero-order valence-electron chi connectivity index (χ0n) is 14.9. The Labute approximate surface area is 153 Å². The molecule has 0 saturated carbocycles. The van der Waals surface area contributed by atoms with Gasteiger partial charge in [-0.15, -0.1) is 0 Å². The fraction of sp³-hybridized carbons (Fsp3) is 0.444. The van der Waals surface area contributed by atoms with Crippen molar-refractivity contribution < 1.29 is 9.90 Å². The minimum absolute atomic E-state index is 0.121. The number of hydrogen-bond donors (Lipinski definition) is 2. The van der Waals surface area contributed by atoms with E-state index in [2.05, 4.69) is 29.2 Å². The Hall–Kier alpha value is -2.05. The van der Waals surface area contributed by atoms with Crippen LogP contribution in [0.3, 0.4) is 0 Å². The van der Waals surface area contributed by atoms with Crippen LogP contribution in [0.2, 0.25) is 5.02 Å². The fourth-order valence-electron chi connectivity index (χ4n) is 2.67. The fourth-order valence-corrected chi connectivity index (χ4v) is 2.97. The number of amides is 1. The second-order valence-corrected chi connectivity index (χ2v) is 6.25. The number of nitrogens with one attached hydrogen (secondary N) is 1. The largest absolute Gasteiger partial charge is 0.493 e. The molecule has 2 aromatic rings. The van der Waals surface area contributed by atoms with E-state index >= 15 is 0 Å². The Balaban J connectivity index is 2.03. The molecule has 0 bridgehead atoms. The molecule has 0 aliphatic heterocycles. The predicted molar refractivity (Wildman–Crippen MR) is 99.7 cm³/mol. The molecular weight excluding hydrogens is 340 g/mol. The number of aromatic hydroxyl groups is 1. The molecule has 0 aliphatic rings. The molecule has 1 heterocycles. The van der Waals surface area contributed by atoms with Crippen LogP contribution >= 0.6 is 11.6 Å². The Bertz CT molecular complexity index is 706. The number of aryl methyl sites for hydroxylation is 1. The van der Waals surface area contributed by atoms with Gasteiger partial charge in [-0.3, -0.25) is 4.79 Å². The molecule has 2 N–H and O–H groups in total. The molecule has 0 atom stereocenters. The lowest BCUT2D eigenvalue weighted by Gasteiger charge is -2.17. The van der Waals surface area contributed by atoms with E-state index in [0.29, 0.717) is 17.3 Å². The lowest BCUT2D eigenvalue weighted by atomic mass is 10.2. The van der Waals surface area contributed by atoms with Crippen LogP contribution in [0, 0.1) is 6.92 Å². The molecule has 1 amide bonds. The first kappa shape index (κ1) is 19.3. The summed E-state index contributed by atoms with van der Waals surface area (Å²) in [5, 5.41) is 17.7. The molecule has 0 aliphatic carbocycles. The van der Waals surface area contributed by atoms with Crippen molar-refractivity contribution in [2.75, 3.05) is 26.2 Å². The Morgan fingerprint density at radius 3 is 2.72 bits per heavy atom. The number of carbonyl (C=O) groups is 1.